The fourth-order valence-electron chi connectivity index (χ4n) is 2.58. The Morgan fingerprint density at radius 2 is 1.96 bits per heavy atom. The van der Waals surface area contributed by atoms with E-state index >= 15 is 0 Å². The van der Waals surface area contributed by atoms with Crippen LogP contribution in [0.15, 0.2) is 41.6 Å². The normalized spacial score (nSPS) is 17.4. The van der Waals surface area contributed by atoms with Gasteiger partial charge in [-0.3, -0.25) is 4.79 Å². The molecule has 0 fully saturated rings. The van der Waals surface area contributed by atoms with Crippen LogP contribution in [0.5, 0.6) is 0 Å². The van der Waals surface area contributed by atoms with Crippen molar-refractivity contribution in [3.63, 3.8) is 0 Å². The second kappa shape index (κ2) is 7.92. The van der Waals surface area contributed by atoms with Gasteiger partial charge in [0.1, 0.15) is 6.54 Å². The van der Waals surface area contributed by atoms with Gasteiger partial charge in [-0.2, -0.15) is 0 Å². The number of hydrogen-bond acceptors (Lipinski definition) is 5. The Balaban J connectivity index is 2.43. The van der Waals surface area contributed by atoms with Gasteiger partial charge in [-0.25, -0.2) is 4.79 Å². The van der Waals surface area contributed by atoms with Gasteiger partial charge in [0.05, 0.1) is 25.3 Å². The number of benzene rings is 1. The minimum absolute atomic E-state index is 0.0620. The van der Waals surface area contributed by atoms with E-state index in [4.69, 9.17) is 21.7 Å². The largest absolute Gasteiger partial charge is 0.466 e. The first kappa shape index (κ1) is 17.9. The monoisotopic (exact) mass is 348 g/mol. The number of carbonyl (C=O) groups is 2. The molecule has 0 aromatic heterocycles. The van der Waals surface area contributed by atoms with Crippen LogP contribution in [0, 0.1) is 0 Å². The van der Waals surface area contributed by atoms with Crippen LogP contribution in [0.25, 0.3) is 0 Å². The van der Waals surface area contributed by atoms with Gasteiger partial charge in [-0.05, 0) is 31.6 Å². The molecule has 1 aliphatic heterocycles. The number of nitrogens with one attached hydrogen (secondary N) is 1. The molecule has 7 heteroatoms. The van der Waals surface area contributed by atoms with Gasteiger partial charge >= 0.3 is 11.9 Å². The summed E-state index contributed by atoms with van der Waals surface area (Å²) in [5, 5.41) is 3.48. The number of rotatable bonds is 5. The number of nitrogens with zero attached hydrogens (tertiary/aromatic N) is 1. The summed E-state index contributed by atoms with van der Waals surface area (Å²) >= 11 is 5.38. The lowest BCUT2D eigenvalue weighted by Crippen LogP contribution is -2.49. The molecule has 0 radical (unpaired) electrons. The highest BCUT2D eigenvalue weighted by atomic mass is 32.1. The number of carbonyl (C=O) groups excluding carboxylic acids is 2. The summed E-state index contributed by atoms with van der Waals surface area (Å²) in [5.41, 5.74) is 1.88. The number of thiocarbonyl (C=S) groups is 1. The third-order valence-corrected chi connectivity index (χ3v) is 4.07. The van der Waals surface area contributed by atoms with Crippen molar-refractivity contribution in [1.82, 2.24) is 10.2 Å². The third-order valence-electron chi connectivity index (χ3n) is 3.73. The Morgan fingerprint density at radius 1 is 1.29 bits per heavy atom. The number of allylic oxidation sites excluding steroid dienone is 1. The molecule has 1 aromatic carbocycles. The second-order valence-corrected chi connectivity index (χ2v) is 5.56. The van der Waals surface area contributed by atoms with Gasteiger partial charge in [0.25, 0.3) is 0 Å². The molecule has 0 amide bonds. The van der Waals surface area contributed by atoms with Crippen LogP contribution < -0.4 is 5.32 Å². The van der Waals surface area contributed by atoms with Gasteiger partial charge in [0, 0.05) is 5.70 Å². The van der Waals surface area contributed by atoms with E-state index in [-0.39, 0.29) is 13.2 Å². The van der Waals surface area contributed by atoms with Crippen molar-refractivity contribution in [3.8, 4) is 0 Å². The smallest absolute Gasteiger partial charge is 0.337 e. The van der Waals surface area contributed by atoms with Gasteiger partial charge in [0.15, 0.2) is 5.11 Å². The maximum atomic E-state index is 12.3. The average molecular weight is 348 g/mol. The molecule has 0 aliphatic carbocycles. The highest BCUT2D eigenvalue weighted by Crippen LogP contribution is 2.31. The zero-order valence-corrected chi connectivity index (χ0v) is 14.7. The molecular weight excluding hydrogens is 328 g/mol. The molecule has 0 saturated carbocycles. The summed E-state index contributed by atoms with van der Waals surface area (Å²) in [7, 11) is 1.33. The Morgan fingerprint density at radius 3 is 2.54 bits per heavy atom. The standard InChI is InChI=1S/C17H20N2O4S/c1-4-23-13(20)10-19-11(2)14(16(21)22-3)15(18-17(19)24)12-8-6-5-7-9-12/h5-9,15H,4,10H2,1-3H3,(H,18,24). The minimum Gasteiger partial charge on any atom is -0.466 e. The average Bonchev–Trinajstić information content (AvgIpc) is 2.58. The molecule has 1 N–H and O–H groups in total. The van der Waals surface area contributed by atoms with Crippen LogP contribution in [0.4, 0.5) is 0 Å². The second-order valence-electron chi connectivity index (χ2n) is 5.18. The number of ether oxygens (including phenoxy) is 2. The van der Waals surface area contributed by atoms with Gasteiger partial charge < -0.3 is 19.7 Å². The van der Waals surface area contributed by atoms with Crippen molar-refractivity contribution < 1.29 is 19.1 Å². The van der Waals surface area contributed by atoms with E-state index in [1.807, 2.05) is 30.3 Å². The van der Waals surface area contributed by atoms with E-state index in [1.165, 1.54) is 7.11 Å². The van der Waals surface area contributed by atoms with Crippen LogP contribution in [-0.4, -0.2) is 42.2 Å². The first-order valence-corrected chi connectivity index (χ1v) is 7.98. The number of hydrogen-bond donors (Lipinski definition) is 1. The van der Waals surface area contributed by atoms with Crippen LogP contribution in [0.1, 0.15) is 25.5 Å². The Bertz CT molecular complexity index is 672. The van der Waals surface area contributed by atoms with Gasteiger partial charge in [-0.15, -0.1) is 0 Å². The van der Waals surface area contributed by atoms with Crippen molar-refractivity contribution in [2.75, 3.05) is 20.3 Å². The molecule has 1 unspecified atom stereocenters. The van der Waals surface area contributed by atoms with E-state index in [0.29, 0.717) is 16.4 Å². The summed E-state index contributed by atoms with van der Waals surface area (Å²) in [6.45, 7) is 3.70. The summed E-state index contributed by atoms with van der Waals surface area (Å²) in [5.74, 6) is -0.881. The predicted molar refractivity (Wildman–Crippen MR) is 93.0 cm³/mol. The predicted octanol–water partition coefficient (Wildman–Crippen LogP) is 1.93. The zero-order chi connectivity index (χ0) is 17.7. The molecule has 0 saturated heterocycles. The van der Waals surface area contributed by atoms with E-state index < -0.39 is 18.0 Å². The summed E-state index contributed by atoms with van der Waals surface area (Å²) in [6.07, 6.45) is 0. The topological polar surface area (TPSA) is 67.9 Å². The first-order chi connectivity index (χ1) is 11.5. The lowest BCUT2D eigenvalue weighted by Gasteiger charge is -2.36. The molecular formula is C17H20N2O4S. The lowest BCUT2D eigenvalue weighted by atomic mass is 9.95. The minimum atomic E-state index is -0.467. The van der Waals surface area contributed by atoms with Crippen molar-refractivity contribution in [1.29, 1.82) is 0 Å². The Labute approximate surface area is 146 Å². The summed E-state index contributed by atoms with van der Waals surface area (Å²) in [4.78, 5) is 25.7. The molecule has 2 rings (SSSR count). The molecule has 0 bridgehead atoms. The Hall–Kier alpha value is -2.41. The van der Waals surface area contributed by atoms with Crippen LogP contribution >= 0.6 is 12.2 Å². The maximum absolute atomic E-state index is 12.3. The van der Waals surface area contributed by atoms with Crippen LogP contribution in [0.2, 0.25) is 0 Å². The molecule has 0 spiro atoms. The van der Waals surface area contributed by atoms with Gasteiger partial charge in [0.2, 0.25) is 0 Å². The molecule has 128 valence electrons. The highest BCUT2D eigenvalue weighted by molar-refractivity contribution is 7.80. The third kappa shape index (κ3) is 3.73. The van der Waals surface area contributed by atoms with Gasteiger partial charge in [-0.1, -0.05) is 30.3 Å². The van der Waals surface area contributed by atoms with E-state index in [9.17, 15) is 9.59 Å². The quantitative estimate of drug-likeness (QED) is 0.644. The van der Waals surface area contributed by atoms with Crippen LogP contribution in [-0.2, 0) is 19.1 Å². The van der Waals surface area contributed by atoms with Crippen molar-refractivity contribution in [2.45, 2.75) is 19.9 Å². The molecule has 1 heterocycles. The van der Waals surface area contributed by atoms with E-state index in [1.54, 1.807) is 18.7 Å². The van der Waals surface area contributed by atoms with E-state index in [0.717, 1.165) is 5.56 Å². The van der Waals surface area contributed by atoms with Crippen molar-refractivity contribution >= 4 is 29.3 Å². The fraction of sp³-hybridized carbons (Fsp3) is 0.353. The SMILES string of the molecule is CCOC(=O)CN1C(=S)NC(c2ccccc2)C(C(=O)OC)=C1C. The highest BCUT2D eigenvalue weighted by Gasteiger charge is 2.35. The zero-order valence-electron chi connectivity index (χ0n) is 13.9. The molecule has 24 heavy (non-hydrogen) atoms. The summed E-state index contributed by atoms with van der Waals surface area (Å²) in [6, 6.07) is 9.04. The molecule has 1 atom stereocenters. The van der Waals surface area contributed by atoms with E-state index in [2.05, 4.69) is 5.32 Å². The number of methoxy groups -OCH3 is 1. The first-order valence-electron chi connectivity index (χ1n) is 7.57. The fourth-order valence-corrected chi connectivity index (χ4v) is 2.90. The summed E-state index contributed by atoms with van der Waals surface area (Å²) < 4.78 is 9.89. The Kier molecular flexibility index (Phi) is 5.92. The number of esters is 2. The van der Waals surface area contributed by atoms with Crippen LogP contribution in [0.3, 0.4) is 0 Å². The van der Waals surface area contributed by atoms with Crippen molar-refractivity contribution in [2.24, 2.45) is 0 Å². The maximum Gasteiger partial charge on any atom is 0.337 e. The lowest BCUT2D eigenvalue weighted by molar-refractivity contribution is -0.143. The molecule has 1 aliphatic rings. The molecule has 6 nitrogen and oxygen atoms in total. The van der Waals surface area contributed by atoms with Crippen molar-refractivity contribution in [3.05, 3.63) is 47.2 Å². The molecule has 1 aromatic rings.